The average molecular weight is 517 g/mol. The molecule has 1 amide bonds. The third-order valence-electron chi connectivity index (χ3n) is 5.77. The van der Waals surface area contributed by atoms with Gasteiger partial charge in [0.2, 0.25) is 22.4 Å². The summed E-state index contributed by atoms with van der Waals surface area (Å²) in [5.74, 6) is -0.297. The van der Waals surface area contributed by atoms with E-state index in [0.29, 0.717) is 24.1 Å². The molecular formula is C22H25FN8O4S. The van der Waals surface area contributed by atoms with Gasteiger partial charge in [0.15, 0.2) is 5.82 Å². The Bertz CT molecular complexity index is 1240. The van der Waals surface area contributed by atoms with Gasteiger partial charge in [0.05, 0.1) is 29.9 Å². The lowest BCUT2D eigenvalue weighted by molar-refractivity contribution is -0.158. The Morgan fingerprint density at radius 1 is 1.03 bits per heavy atom. The first-order valence-electron chi connectivity index (χ1n) is 11.2. The van der Waals surface area contributed by atoms with Crippen LogP contribution in [0.3, 0.4) is 0 Å². The van der Waals surface area contributed by atoms with Crippen LogP contribution >= 0.6 is 0 Å². The minimum absolute atomic E-state index is 0.0799. The molecule has 190 valence electrons. The summed E-state index contributed by atoms with van der Waals surface area (Å²) in [4.78, 5) is 33.8. The zero-order valence-corrected chi connectivity index (χ0v) is 20.1. The summed E-state index contributed by atoms with van der Waals surface area (Å²) in [6.07, 6.45) is 7.45. The molecule has 36 heavy (non-hydrogen) atoms. The first kappa shape index (κ1) is 25.5. The van der Waals surface area contributed by atoms with Crippen LogP contribution in [0.1, 0.15) is 12.2 Å². The number of amides is 1. The standard InChI is InChI=1S/C22H25FN8O4S/c23-18-13-25-21(26-14-18)5-4-19(31(33)16-32)15-36(34,35)30-9-7-29(8-10-30)22-27-11-17(12-28-22)20-3-1-2-6-24-20/h1-3,6,11-14,16,19,33H,4-5,7-10,15H2. The normalized spacial score (nSPS) is 15.4. The zero-order chi connectivity index (χ0) is 25.5. The number of hydrogen-bond donors (Lipinski definition) is 1. The number of rotatable bonds is 10. The molecule has 1 aliphatic heterocycles. The molecule has 0 aromatic carbocycles. The molecule has 4 rings (SSSR count). The number of piperazine rings is 1. The van der Waals surface area contributed by atoms with Crippen LogP contribution < -0.4 is 4.90 Å². The van der Waals surface area contributed by atoms with Gasteiger partial charge in [0, 0.05) is 56.8 Å². The van der Waals surface area contributed by atoms with Gasteiger partial charge in [-0.1, -0.05) is 6.07 Å². The van der Waals surface area contributed by atoms with E-state index in [2.05, 4.69) is 24.9 Å². The van der Waals surface area contributed by atoms with Gasteiger partial charge < -0.3 is 4.90 Å². The van der Waals surface area contributed by atoms with E-state index in [1.165, 1.54) is 4.31 Å². The van der Waals surface area contributed by atoms with E-state index < -0.39 is 27.6 Å². The van der Waals surface area contributed by atoms with E-state index >= 15 is 0 Å². The van der Waals surface area contributed by atoms with Crippen molar-refractivity contribution in [1.82, 2.24) is 34.3 Å². The van der Waals surface area contributed by atoms with Crippen molar-refractivity contribution >= 4 is 22.4 Å². The van der Waals surface area contributed by atoms with Gasteiger partial charge in [-0.3, -0.25) is 15.0 Å². The molecule has 0 spiro atoms. The maximum atomic E-state index is 13.1. The molecule has 1 N–H and O–H groups in total. The van der Waals surface area contributed by atoms with Crippen molar-refractivity contribution in [3.05, 3.63) is 60.8 Å². The Morgan fingerprint density at radius 3 is 2.33 bits per heavy atom. The van der Waals surface area contributed by atoms with E-state index in [1.54, 1.807) is 18.6 Å². The van der Waals surface area contributed by atoms with E-state index in [9.17, 15) is 22.8 Å². The molecule has 0 radical (unpaired) electrons. The Hall–Kier alpha value is -3.62. The van der Waals surface area contributed by atoms with Crippen LogP contribution in [0.15, 0.2) is 49.2 Å². The summed E-state index contributed by atoms with van der Waals surface area (Å²) in [5.41, 5.74) is 1.54. The molecule has 3 aromatic rings. The van der Waals surface area contributed by atoms with Crippen LogP contribution in [0, 0.1) is 5.82 Å². The topological polar surface area (TPSA) is 146 Å². The second-order valence-corrected chi connectivity index (χ2v) is 10.2. The number of hydrogen-bond acceptors (Lipinski definition) is 10. The molecule has 1 saturated heterocycles. The first-order valence-corrected chi connectivity index (χ1v) is 12.8. The van der Waals surface area contributed by atoms with Crippen LogP contribution in [0.25, 0.3) is 11.3 Å². The average Bonchev–Trinajstić information content (AvgIpc) is 2.92. The molecule has 0 saturated carbocycles. The second kappa shape index (κ2) is 11.4. The Kier molecular flexibility index (Phi) is 8.07. The van der Waals surface area contributed by atoms with Gasteiger partial charge >= 0.3 is 0 Å². The summed E-state index contributed by atoms with van der Waals surface area (Å²) in [6.45, 7) is 1.17. The van der Waals surface area contributed by atoms with Gasteiger partial charge in [-0.2, -0.15) is 4.31 Å². The van der Waals surface area contributed by atoms with Crippen molar-refractivity contribution in [1.29, 1.82) is 0 Å². The molecule has 12 nitrogen and oxygen atoms in total. The van der Waals surface area contributed by atoms with Crippen molar-refractivity contribution in [2.24, 2.45) is 0 Å². The van der Waals surface area contributed by atoms with Gasteiger partial charge in [-0.05, 0) is 18.6 Å². The number of carbonyl (C=O) groups is 1. The van der Waals surface area contributed by atoms with E-state index in [4.69, 9.17) is 0 Å². The predicted molar refractivity (Wildman–Crippen MR) is 127 cm³/mol. The van der Waals surface area contributed by atoms with Gasteiger partial charge in [-0.25, -0.2) is 37.8 Å². The third-order valence-corrected chi connectivity index (χ3v) is 7.73. The van der Waals surface area contributed by atoms with Crippen LogP contribution in [0.2, 0.25) is 0 Å². The maximum absolute atomic E-state index is 13.1. The minimum Gasteiger partial charge on any atom is -0.338 e. The molecule has 1 aliphatic rings. The van der Waals surface area contributed by atoms with Crippen LogP contribution in [0.4, 0.5) is 10.3 Å². The monoisotopic (exact) mass is 516 g/mol. The number of sulfonamides is 1. The SMILES string of the molecule is O=CN(O)C(CCc1ncc(F)cn1)CS(=O)(=O)N1CCN(c2ncc(-c3ccccn3)cn2)CC1. The largest absolute Gasteiger partial charge is 0.338 e. The number of halogens is 1. The molecule has 1 atom stereocenters. The lowest BCUT2D eigenvalue weighted by Crippen LogP contribution is -2.51. The molecule has 4 heterocycles. The Labute approximate surface area is 207 Å². The third kappa shape index (κ3) is 6.33. The highest BCUT2D eigenvalue weighted by atomic mass is 32.2. The Morgan fingerprint density at radius 2 is 1.72 bits per heavy atom. The summed E-state index contributed by atoms with van der Waals surface area (Å²) in [7, 11) is -3.80. The highest BCUT2D eigenvalue weighted by Gasteiger charge is 2.32. The van der Waals surface area contributed by atoms with Crippen molar-refractivity contribution in [2.75, 3.05) is 36.8 Å². The van der Waals surface area contributed by atoms with Gasteiger partial charge in [0.1, 0.15) is 5.82 Å². The molecule has 0 bridgehead atoms. The van der Waals surface area contributed by atoms with Crippen molar-refractivity contribution in [3.8, 4) is 11.3 Å². The van der Waals surface area contributed by atoms with E-state index in [1.807, 2.05) is 23.1 Å². The smallest absolute Gasteiger partial charge is 0.233 e. The zero-order valence-electron chi connectivity index (χ0n) is 19.3. The summed E-state index contributed by atoms with van der Waals surface area (Å²) >= 11 is 0. The Balaban J connectivity index is 1.34. The lowest BCUT2D eigenvalue weighted by Gasteiger charge is -2.35. The molecule has 1 unspecified atom stereocenters. The van der Waals surface area contributed by atoms with Crippen molar-refractivity contribution < 1.29 is 22.8 Å². The lowest BCUT2D eigenvalue weighted by atomic mass is 10.2. The summed E-state index contributed by atoms with van der Waals surface area (Å²) < 4.78 is 40.4. The highest BCUT2D eigenvalue weighted by Crippen LogP contribution is 2.19. The second-order valence-electron chi connectivity index (χ2n) is 8.15. The number of carbonyl (C=O) groups excluding carboxylic acids is 1. The number of nitrogens with zero attached hydrogens (tertiary/aromatic N) is 8. The van der Waals surface area contributed by atoms with E-state index in [0.717, 1.165) is 23.7 Å². The summed E-state index contributed by atoms with van der Waals surface area (Å²) in [5, 5.41) is 10.3. The van der Waals surface area contributed by atoms with Crippen LogP contribution in [0.5, 0.6) is 0 Å². The van der Waals surface area contributed by atoms with Crippen LogP contribution in [-0.2, 0) is 21.2 Å². The number of pyridine rings is 1. The fourth-order valence-electron chi connectivity index (χ4n) is 3.81. The fourth-order valence-corrected chi connectivity index (χ4v) is 5.54. The number of hydroxylamine groups is 2. The number of anilines is 1. The first-order chi connectivity index (χ1) is 17.4. The van der Waals surface area contributed by atoms with Crippen LogP contribution in [-0.4, -0.2) is 92.3 Å². The molecule has 0 aliphatic carbocycles. The predicted octanol–water partition coefficient (Wildman–Crippen LogP) is 0.768. The van der Waals surface area contributed by atoms with Crippen molar-refractivity contribution in [3.63, 3.8) is 0 Å². The quantitative estimate of drug-likeness (QED) is 0.233. The van der Waals surface area contributed by atoms with E-state index in [-0.39, 0.29) is 38.2 Å². The molecule has 1 fully saturated rings. The number of aryl methyl sites for hydroxylation is 1. The maximum Gasteiger partial charge on any atom is 0.233 e. The minimum atomic E-state index is -3.80. The summed E-state index contributed by atoms with van der Waals surface area (Å²) in [6, 6.07) is 4.55. The fraction of sp³-hybridized carbons (Fsp3) is 0.364. The molecule has 3 aromatic heterocycles. The van der Waals surface area contributed by atoms with Gasteiger partial charge in [0.25, 0.3) is 0 Å². The molecular weight excluding hydrogens is 491 g/mol. The highest BCUT2D eigenvalue weighted by molar-refractivity contribution is 7.89. The van der Waals surface area contributed by atoms with Crippen molar-refractivity contribution in [2.45, 2.75) is 18.9 Å². The number of aromatic nitrogens is 5. The van der Waals surface area contributed by atoms with Gasteiger partial charge in [-0.15, -0.1) is 0 Å². The molecule has 14 heteroatoms.